The predicted molar refractivity (Wildman–Crippen MR) is 102 cm³/mol. The van der Waals surface area contributed by atoms with E-state index in [2.05, 4.69) is 31.0 Å². The molecular weight excluding hydrogens is 312 g/mol. The zero-order chi connectivity index (χ0) is 18.0. The maximum atomic E-state index is 13.1. The molecule has 0 saturated carbocycles. The summed E-state index contributed by atoms with van der Waals surface area (Å²) in [5, 5.41) is 1.07. The molecule has 0 bridgehead atoms. The number of benzene rings is 1. The largest absolute Gasteiger partial charge is 0.451 e. The van der Waals surface area contributed by atoms with Crippen molar-refractivity contribution in [2.75, 3.05) is 33.2 Å². The summed E-state index contributed by atoms with van der Waals surface area (Å²) in [6.45, 7) is 9.97. The van der Waals surface area contributed by atoms with Gasteiger partial charge in [0.1, 0.15) is 5.58 Å². The van der Waals surface area contributed by atoms with Gasteiger partial charge in [0.05, 0.1) is 0 Å². The molecule has 0 unspecified atom stereocenters. The quantitative estimate of drug-likeness (QED) is 0.793. The lowest BCUT2D eigenvalue weighted by atomic mass is 10.0. The predicted octanol–water partition coefficient (Wildman–Crippen LogP) is 4.11. The molecule has 0 radical (unpaired) electrons. The lowest BCUT2D eigenvalue weighted by Gasteiger charge is -2.23. The summed E-state index contributed by atoms with van der Waals surface area (Å²) < 4.78 is 5.96. The number of hydrogen-bond donors (Lipinski definition) is 0. The van der Waals surface area contributed by atoms with Gasteiger partial charge in [0.15, 0.2) is 5.76 Å². The van der Waals surface area contributed by atoms with Gasteiger partial charge in [0, 0.05) is 30.6 Å². The Balaban J connectivity index is 1.83. The molecule has 2 aromatic rings. The van der Waals surface area contributed by atoms with Crippen LogP contribution in [-0.4, -0.2) is 48.9 Å². The van der Waals surface area contributed by atoms with Crippen molar-refractivity contribution in [3.8, 4) is 0 Å². The molecule has 0 spiro atoms. The molecule has 25 heavy (non-hydrogen) atoms. The minimum absolute atomic E-state index is 0.0304. The average molecular weight is 342 g/mol. The molecule has 4 heteroatoms. The Morgan fingerprint density at radius 1 is 1.36 bits per heavy atom. The number of rotatable bonds is 6. The molecule has 1 atom stereocenters. The lowest BCUT2D eigenvalue weighted by Crippen LogP contribution is -2.36. The third-order valence-electron chi connectivity index (χ3n) is 5.37. The molecule has 1 aromatic heterocycles. The Morgan fingerprint density at radius 3 is 2.80 bits per heavy atom. The van der Waals surface area contributed by atoms with Crippen LogP contribution in [0.2, 0.25) is 0 Å². The van der Waals surface area contributed by atoms with E-state index in [4.69, 9.17) is 4.42 Å². The number of hydrogen-bond acceptors (Lipinski definition) is 3. The second-order valence-corrected chi connectivity index (χ2v) is 7.40. The molecule has 1 aliphatic heterocycles. The van der Waals surface area contributed by atoms with E-state index >= 15 is 0 Å². The zero-order valence-corrected chi connectivity index (χ0v) is 16.0. The van der Waals surface area contributed by atoms with Crippen molar-refractivity contribution in [3.63, 3.8) is 0 Å². The van der Waals surface area contributed by atoms with Gasteiger partial charge in [-0.2, -0.15) is 0 Å². The molecule has 1 fully saturated rings. The van der Waals surface area contributed by atoms with Crippen LogP contribution in [0.15, 0.2) is 22.6 Å². The molecule has 3 rings (SSSR count). The molecule has 1 amide bonds. The first kappa shape index (κ1) is 18.0. The van der Waals surface area contributed by atoms with Crippen molar-refractivity contribution >= 4 is 16.9 Å². The van der Waals surface area contributed by atoms with E-state index in [1.807, 2.05) is 24.8 Å². The Kier molecular flexibility index (Phi) is 5.48. The highest BCUT2D eigenvalue weighted by Gasteiger charge is 2.27. The maximum absolute atomic E-state index is 13.1. The average Bonchev–Trinajstić information content (AvgIpc) is 3.16. The standard InChI is InChI=1S/C21H30N2O2/c1-5-7-16-8-9-19-18(12-16)15(3)20(25-19)21(24)23(6-2)14-17-10-11-22(4)13-17/h8-9,12,17H,5-7,10-11,13-14H2,1-4H3/t17-/m0/s1. The van der Waals surface area contributed by atoms with Crippen LogP contribution in [0.1, 0.15) is 48.4 Å². The van der Waals surface area contributed by atoms with Crippen LogP contribution in [0.5, 0.6) is 0 Å². The van der Waals surface area contributed by atoms with Crippen molar-refractivity contribution in [1.29, 1.82) is 0 Å². The van der Waals surface area contributed by atoms with Crippen molar-refractivity contribution in [1.82, 2.24) is 9.80 Å². The fourth-order valence-electron chi connectivity index (χ4n) is 3.90. The number of fused-ring (bicyclic) bond motifs is 1. The first-order valence-corrected chi connectivity index (χ1v) is 9.53. The van der Waals surface area contributed by atoms with E-state index in [1.165, 1.54) is 12.0 Å². The molecule has 0 aliphatic carbocycles. The summed E-state index contributed by atoms with van der Waals surface area (Å²) in [6.07, 6.45) is 3.34. The highest BCUT2D eigenvalue weighted by Crippen LogP contribution is 2.28. The van der Waals surface area contributed by atoms with Gasteiger partial charge in [-0.1, -0.05) is 19.4 Å². The van der Waals surface area contributed by atoms with E-state index in [0.29, 0.717) is 11.7 Å². The summed E-state index contributed by atoms with van der Waals surface area (Å²) in [6, 6.07) is 6.29. The molecule has 1 aliphatic rings. The molecule has 0 N–H and O–H groups in total. The van der Waals surface area contributed by atoms with E-state index in [0.717, 1.165) is 55.6 Å². The maximum Gasteiger partial charge on any atom is 0.289 e. The van der Waals surface area contributed by atoms with E-state index in [1.54, 1.807) is 0 Å². The number of furan rings is 1. The van der Waals surface area contributed by atoms with Gasteiger partial charge in [-0.15, -0.1) is 0 Å². The van der Waals surface area contributed by atoms with Crippen molar-refractivity contribution in [2.45, 2.75) is 40.0 Å². The highest BCUT2D eigenvalue weighted by molar-refractivity contribution is 5.99. The van der Waals surface area contributed by atoms with Crippen LogP contribution in [-0.2, 0) is 6.42 Å². The van der Waals surface area contributed by atoms with Gasteiger partial charge in [-0.3, -0.25) is 4.79 Å². The normalized spacial score (nSPS) is 18.2. The number of likely N-dealkylation sites (tertiary alicyclic amines) is 1. The van der Waals surface area contributed by atoms with Crippen LogP contribution in [0.3, 0.4) is 0 Å². The van der Waals surface area contributed by atoms with Crippen LogP contribution in [0, 0.1) is 12.8 Å². The second-order valence-electron chi connectivity index (χ2n) is 7.40. The Morgan fingerprint density at radius 2 is 2.16 bits per heavy atom. The first-order chi connectivity index (χ1) is 12.0. The Hall–Kier alpha value is -1.81. The van der Waals surface area contributed by atoms with Gasteiger partial charge in [0.25, 0.3) is 5.91 Å². The Bertz CT molecular complexity index is 750. The minimum Gasteiger partial charge on any atom is -0.451 e. The van der Waals surface area contributed by atoms with Gasteiger partial charge < -0.3 is 14.2 Å². The summed E-state index contributed by atoms with van der Waals surface area (Å²) in [7, 11) is 2.15. The van der Waals surface area contributed by atoms with Crippen LogP contribution in [0.4, 0.5) is 0 Å². The summed E-state index contributed by atoms with van der Waals surface area (Å²) >= 11 is 0. The molecule has 4 nitrogen and oxygen atoms in total. The third-order valence-corrected chi connectivity index (χ3v) is 5.37. The number of carbonyl (C=O) groups excluding carboxylic acids is 1. The van der Waals surface area contributed by atoms with Crippen LogP contribution >= 0.6 is 0 Å². The van der Waals surface area contributed by atoms with Crippen LogP contribution < -0.4 is 0 Å². The van der Waals surface area contributed by atoms with Gasteiger partial charge in [0.2, 0.25) is 0 Å². The Labute approximate surface area is 150 Å². The lowest BCUT2D eigenvalue weighted by molar-refractivity contribution is 0.0709. The topological polar surface area (TPSA) is 36.7 Å². The van der Waals surface area contributed by atoms with E-state index < -0.39 is 0 Å². The second kappa shape index (κ2) is 7.61. The SMILES string of the molecule is CCCc1ccc2oc(C(=O)N(CC)C[C@H]3CCN(C)C3)c(C)c2c1. The molecular formula is C21H30N2O2. The van der Waals surface area contributed by atoms with Crippen molar-refractivity contribution in [3.05, 3.63) is 35.1 Å². The molecule has 136 valence electrons. The van der Waals surface area contributed by atoms with Crippen molar-refractivity contribution in [2.24, 2.45) is 5.92 Å². The highest BCUT2D eigenvalue weighted by atomic mass is 16.3. The fourth-order valence-corrected chi connectivity index (χ4v) is 3.90. The van der Waals surface area contributed by atoms with Gasteiger partial charge in [-0.05, 0) is 63.9 Å². The van der Waals surface area contributed by atoms with Gasteiger partial charge >= 0.3 is 0 Å². The summed E-state index contributed by atoms with van der Waals surface area (Å²) in [4.78, 5) is 17.3. The van der Waals surface area contributed by atoms with E-state index in [9.17, 15) is 4.79 Å². The van der Waals surface area contributed by atoms with E-state index in [-0.39, 0.29) is 5.91 Å². The van der Waals surface area contributed by atoms with Gasteiger partial charge in [-0.25, -0.2) is 0 Å². The minimum atomic E-state index is 0.0304. The zero-order valence-electron chi connectivity index (χ0n) is 16.0. The number of carbonyl (C=O) groups is 1. The summed E-state index contributed by atoms with van der Waals surface area (Å²) in [5.74, 6) is 1.11. The third kappa shape index (κ3) is 3.74. The van der Waals surface area contributed by atoms with Crippen molar-refractivity contribution < 1.29 is 9.21 Å². The van der Waals surface area contributed by atoms with Crippen LogP contribution in [0.25, 0.3) is 11.0 Å². The number of amides is 1. The molecule has 1 saturated heterocycles. The smallest absolute Gasteiger partial charge is 0.289 e. The monoisotopic (exact) mass is 342 g/mol. The first-order valence-electron chi connectivity index (χ1n) is 9.53. The molecule has 1 aromatic carbocycles. The number of nitrogens with zero attached hydrogens (tertiary/aromatic N) is 2. The molecule has 2 heterocycles. The number of aryl methyl sites for hydroxylation is 2. The fraction of sp³-hybridized carbons (Fsp3) is 0.571. The summed E-state index contributed by atoms with van der Waals surface area (Å²) in [5.41, 5.74) is 3.09.